The van der Waals surface area contributed by atoms with Crippen molar-refractivity contribution in [3.05, 3.63) is 64.8 Å². The largest absolute Gasteiger partial charge is 0.366 e. The van der Waals surface area contributed by atoms with Crippen LogP contribution in [0.4, 0.5) is 15.9 Å². The molecule has 6 nitrogen and oxygen atoms in total. The van der Waals surface area contributed by atoms with Gasteiger partial charge in [-0.2, -0.15) is 0 Å². The van der Waals surface area contributed by atoms with Crippen molar-refractivity contribution >= 4 is 33.7 Å². The van der Waals surface area contributed by atoms with Crippen molar-refractivity contribution in [2.75, 3.05) is 16.8 Å². The number of nitrogens with zero attached hydrogens (tertiary/aromatic N) is 4. The topological polar surface area (TPSA) is 71.0 Å². The van der Waals surface area contributed by atoms with Crippen LogP contribution in [0.15, 0.2) is 53.4 Å². The Hall–Kier alpha value is -2.87. The van der Waals surface area contributed by atoms with E-state index in [0.717, 1.165) is 42.4 Å². The van der Waals surface area contributed by atoms with Crippen LogP contribution in [0.1, 0.15) is 29.6 Å². The molecule has 3 fully saturated rings. The average molecular weight is 482 g/mol. The van der Waals surface area contributed by atoms with Crippen molar-refractivity contribution in [1.82, 2.24) is 15.0 Å². The lowest BCUT2D eigenvalue weighted by Gasteiger charge is -2.51. The molecule has 1 aromatic carbocycles. The number of halogens is 2. The summed E-state index contributed by atoms with van der Waals surface area (Å²) in [7, 11) is 0. The van der Waals surface area contributed by atoms with Crippen molar-refractivity contribution in [1.29, 1.82) is 0 Å². The maximum atomic E-state index is 14.7. The van der Waals surface area contributed by atoms with E-state index < -0.39 is 5.82 Å². The summed E-state index contributed by atoms with van der Waals surface area (Å²) >= 11 is 3.41. The smallest absolute Gasteiger partial charge is 0.160 e. The highest BCUT2D eigenvalue weighted by Crippen LogP contribution is 2.41. The maximum Gasteiger partial charge on any atom is 0.160 e. The van der Waals surface area contributed by atoms with Crippen LogP contribution in [0.5, 0.6) is 0 Å². The highest BCUT2D eigenvalue weighted by atomic mass is 79.9. The molecule has 2 saturated heterocycles. The molecule has 8 heteroatoms. The number of piperidine rings is 2. The Morgan fingerprint density at radius 3 is 2.71 bits per heavy atom. The molecule has 0 spiro atoms. The lowest BCUT2D eigenvalue weighted by Crippen LogP contribution is -2.58. The van der Waals surface area contributed by atoms with Gasteiger partial charge >= 0.3 is 0 Å². The van der Waals surface area contributed by atoms with Crippen molar-refractivity contribution < 1.29 is 9.18 Å². The number of aromatic nitrogens is 3. The van der Waals surface area contributed by atoms with Crippen LogP contribution >= 0.6 is 15.9 Å². The molecule has 3 atom stereocenters. The normalized spacial score (nSPS) is 22.4. The van der Waals surface area contributed by atoms with Gasteiger partial charge in [0.2, 0.25) is 0 Å². The van der Waals surface area contributed by atoms with Crippen molar-refractivity contribution in [2.45, 2.75) is 31.3 Å². The number of hydrogen-bond acceptors (Lipinski definition) is 6. The van der Waals surface area contributed by atoms with Gasteiger partial charge in [0, 0.05) is 52.8 Å². The molecule has 6 rings (SSSR count). The van der Waals surface area contributed by atoms with E-state index in [1.165, 1.54) is 12.1 Å². The first kappa shape index (κ1) is 20.1. The Labute approximate surface area is 188 Å². The Balaban J connectivity index is 1.51. The molecule has 2 aliphatic heterocycles. The third kappa shape index (κ3) is 3.92. The summed E-state index contributed by atoms with van der Waals surface area (Å²) in [5, 5.41) is 3.56. The monoisotopic (exact) mass is 481 g/mol. The quantitative estimate of drug-likeness (QED) is 0.531. The second-order valence-corrected chi connectivity index (χ2v) is 9.00. The molecule has 3 aromatic rings. The van der Waals surface area contributed by atoms with Crippen LogP contribution in [-0.2, 0) is 0 Å². The molecular weight excluding hydrogens is 461 g/mol. The first-order chi connectivity index (χ1) is 15.1. The number of carbonyl (C=O) groups is 1. The molecule has 1 N–H and O–H groups in total. The summed E-state index contributed by atoms with van der Waals surface area (Å²) in [6, 6.07) is 8.71. The Bertz CT molecular complexity index is 1100. The number of benzene rings is 1. The molecule has 2 aromatic heterocycles. The minimum absolute atomic E-state index is 0.139. The lowest BCUT2D eigenvalue weighted by molar-refractivity contribution is 0.112. The number of anilines is 2. The molecule has 158 valence electrons. The van der Waals surface area contributed by atoms with E-state index in [4.69, 9.17) is 0 Å². The summed E-state index contributed by atoms with van der Waals surface area (Å²) in [5.41, 5.74) is 1.47. The molecule has 31 heavy (non-hydrogen) atoms. The van der Waals surface area contributed by atoms with Gasteiger partial charge in [0.15, 0.2) is 12.1 Å². The predicted molar refractivity (Wildman–Crippen MR) is 121 cm³/mol. The van der Waals surface area contributed by atoms with E-state index in [0.29, 0.717) is 28.6 Å². The van der Waals surface area contributed by atoms with Gasteiger partial charge < -0.3 is 10.2 Å². The van der Waals surface area contributed by atoms with Gasteiger partial charge in [0.25, 0.3) is 0 Å². The van der Waals surface area contributed by atoms with Gasteiger partial charge in [-0.1, -0.05) is 0 Å². The zero-order valence-corrected chi connectivity index (χ0v) is 18.3. The van der Waals surface area contributed by atoms with Gasteiger partial charge in [0.05, 0.1) is 5.69 Å². The average Bonchev–Trinajstić information content (AvgIpc) is 2.81. The molecule has 2 bridgehead atoms. The Kier molecular flexibility index (Phi) is 5.40. The summed E-state index contributed by atoms with van der Waals surface area (Å²) in [4.78, 5) is 27.2. The van der Waals surface area contributed by atoms with Gasteiger partial charge in [0.1, 0.15) is 11.6 Å². The Morgan fingerprint density at radius 2 is 2.00 bits per heavy atom. The van der Waals surface area contributed by atoms with Crippen LogP contribution in [0, 0.1) is 11.7 Å². The summed E-state index contributed by atoms with van der Waals surface area (Å²) in [5.74, 6) is 1.23. The third-order valence-corrected chi connectivity index (χ3v) is 6.66. The van der Waals surface area contributed by atoms with Crippen LogP contribution in [-0.4, -0.2) is 39.9 Å². The molecule has 0 amide bonds. The van der Waals surface area contributed by atoms with E-state index in [1.54, 1.807) is 24.7 Å². The molecule has 1 saturated carbocycles. The zero-order valence-electron chi connectivity index (χ0n) is 16.7. The molecule has 4 heterocycles. The molecule has 1 aliphatic carbocycles. The number of aldehydes is 1. The fourth-order valence-electron chi connectivity index (χ4n) is 4.87. The second kappa shape index (κ2) is 8.34. The van der Waals surface area contributed by atoms with E-state index in [2.05, 4.69) is 41.1 Å². The predicted octanol–water partition coefficient (Wildman–Crippen LogP) is 4.72. The molecule has 0 unspecified atom stereocenters. The fourth-order valence-corrected chi connectivity index (χ4v) is 5.10. The minimum Gasteiger partial charge on any atom is -0.366 e. The summed E-state index contributed by atoms with van der Waals surface area (Å²) in [6.45, 7) is 0.802. The van der Waals surface area contributed by atoms with E-state index in [-0.39, 0.29) is 12.1 Å². The first-order valence-electron chi connectivity index (χ1n) is 10.3. The van der Waals surface area contributed by atoms with E-state index in [9.17, 15) is 9.18 Å². The van der Waals surface area contributed by atoms with Gasteiger partial charge in [-0.05, 0) is 71.4 Å². The van der Waals surface area contributed by atoms with Gasteiger partial charge in [-0.25, -0.2) is 19.3 Å². The fraction of sp³-hybridized carbons (Fsp3) is 0.304. The van der Waals surface area contributed by atoms with E-state index in [1.807, 2.05) is 12.1 Å². The van der Waals surface area contributed by atoms with Crippen molar-refractivity contribution in [3.8, 4) is 11.4 Å². The van der Waals surface area contributed by atoms with Crippen LogP contribution < -0.4 is 10.2 Å². The number of hydrogen-bond donors (Lipinski definition) is 1. The van der Waals surface area contributed by atoms with Crippen molar-refractivity contribution in [3.63, 3.8) is 0 Å². The molecular formula is C23H21BrFN5O. The summed E-state index contributed by atoms with van der Waals surface area (Å²) in [6.07, 6.45) is 8.88. The van der Waals surface area contributed by atoms with Crippen molar-refractivity contribution in [2.24, 2.45) is 5.92 Å². The second-order valence-electron chi connectivity index (χ2n) is 8.09. The minimum atomic E-state index is -0.399. The van der Waals surface area contributed by atoms with Crippen LogP contribution in [0.3, 0.4) is 0 Å². The highest BCUT2D eigenvalue weighted by molar-refractivity contribution is 9.10. The van der Waals surface area contributed by atoms with Crippen LogP contribution in [0.25, 0.3) is 11.4 Å². The third-order valence-electron chi connectivity index (χ3n) is 6.20. The van der Waals surface area contributed by atoms with Gasteiger partial charge in [-0.15, -0.1) is 0 Å². The number of carbonyl (C=O) groups excluding carboxylic acids is 1. The lowest BCUT2D eigenvalue weighted by atomic mass is 9.76. The zero-order chi connectivity index (χ0) is 21.4. The molecule has 3 aliphatic rings. The number of fused-ring (bicyclic) bond motifs is 3. The summed E-state index contributed by atoms with van der Waals surface area (Å²) < 4.78 is 15.6. The van der Waals surface area contributed by atoms with Gasteiger partial charge in [-0.3, -0.25) is 4.79 Å². The SMILES string of the molecule is O=Cc1c(-c2ncccn2)cc(F)cc1N1C[C@@H]2CC[C@H]1[C@H](Nc1ccc(Br)cn1)C2. The van der Waals surface area contributed by atoms with E-state index >= 15 is 0 Å². The standard InChI is InChI=1S/C23H21BrFN5O/c24-15-3-5-22(28-11-15)29-19-8-14-2-4-20(19)30(12-14)21-10-16(25)9-17(18(21)13-31)23-26-6-1-7-27-23/h1,3,5-7,9-11,13-14,19-20H,2,4,8,12H2,(H,28,29)/t14-,19-,20+/m1/s1. The maximum absolute atomic E-state index is 14.7. The Morgan fingerprint density at radius 1 is 1.16 bits per heavy atom. The number of nitrogens with one attached hydrogen (secondary N) is 1. The first-order valence-corrected chi connectivity index (χ1v) is 11.1. The highest BCUT2D eigenvalue weighted by Gasteiger charge is 2.42. The molecule has 0 radical (unpaired) electrons. The number of rotatable bonds is 5. The van der Waals surface area contributed by atoms with Crippen LogP contribution in [0.2, 0.25) is 0 Å². The number of pyridine rings is 1.